The van der Waals surface area contributed by atoms with Crippen LogP contribution in [0.4, 0.5) is 18.3 Å². The number of carbonyl (C=O) groups excluding carboxylic acids is 2. The fourth-order valence-corrected chi connectivity index (χ4v) is 2.63. The van der Waals surface area contributed by atoms with Crippen molar-refractivity contribution in [2.24, 2.45) is 0 Å². The standard InChI is InChI=1S/C15H9F3N4O3S/c1-7(23)10-6-26-14(19-10)21-12(24)9-4-2-8(3-5-9)11-20-13(25-22-11)15(16,17)18/h2-6H,1H3,(H,19,21,24). The van der Waals surface area contributed by atoms with E-state index >= 15 is 0 Å². The molecule has 7 nitrogen and oxygen atoms in total. The van der Waals surface area contributed by atoms with Crippen LogP contribution in [0.25, 0.3) is 11.4 Å². The average molecular weight is 382 g/mol. The lowest BCUT2D eigenvalue weighted by Gasteiger charge is -2.02. The zero-order valence-corrected chi connectivity index (χ0v) is 13.8. The first kappa shape index (κ1) is 17.7. The molecular weight excluding hydrogens is 373 g/mol. The molecule has 2 aromatic heterocycles. The number of carbonyl (C=O) groups is 2. The molecule has 0 saturated heterocycles. The molecule has 0 aliphatic rings. The lowest BCUT2D eigenvalue weighted by atomic mass is 10.1. The predicted molar refractivity (Wildman–Crippen MR) is 84.8 cm³/mol. The van der Waals surface area contributed by atoms with Gasteiger partial charge >= 0.3 is 12.1 Å². The maximum atomic E-state index is 12.5. The summed E-state index contributed by atoms with van der Waals surface area (Å²) in [6.07, 6.45) is -4.72. The van der Waals surface area contributed by atoms with E-state index in [-0.39, 0.29) is 33.6 Å². The number of ketones is 1. The van der Waals surface area contributed by atoms with Crippen LogP contribution in [0.5, 0.6) is 0 Å². The number of aromatic nitrogens is 3. The zero-order chi connectivity index (χ0) is 18.9. The Bertz CT molecular complexity index is 963. The minimum Gasteiger partial charge on any atom is -0.329 e. The number of anilines is 1. The first-order valence-corrected chi connectivity index (χ1v) is 7.91. The van der Waals surface area contributed by atoms with Gasteiger partial charge in [-0.1, -0.05) is 17.3 Å². The molecule has 3 rings (SSSR count). The highest BCUT2D eigenvalue weighted by Gasteiger charge is 2.38. The minimum absolute atomic E-state index is 0.218. The van der Waals surface area contributed by atoms with Crippen LogP contribution in [0.15, 0.2) is 34.2 Å². The topological polar surface area (TPSA) is 98.0 Å². The third kappa shape index (κ3) is 3.77. The van der Waals surface area contributed by atoms with E-state index in [2.05, 4.69) is 25.0 Å². The third-order valence-corrected chi connectivity index (χ3v) is 3.92. The Labute approximate surface area is 147 Å². The van der Waals surface area contributed by atoms with Crippen molar-refractivity contribution in [3.63, 3.8) is 0 Å². The lowest BCUT2D eigenvalue weighted by Crippen LogP contribution is -2.11. The molecule has 1 amide bonds. The second-order valence-electron chi connectivity index (χ2n) is 5.05. The van der Waals surface area contributed by atoms with Crippen molar-refractivity contribution in [1.82, 2.24) is 15.1 Å². The van der Waals surface area contributed by atoms with Gasteiger partial charge in [0.05, 0.1) is 0 Å². The quantitative estimate of drug-likeness (QED) is 0.692. The molecule has 0 fully saturated rings. The number of alkyl halides is 3. The molecule has 2 heterocycles. The number of rotatable bonds is 4. The average Bonchev–Trinajstić information content (AvgIpc) is 3.24. The zero-order valence-electron chi connectivity index (χ0n) is 13.0. The smallest absolute Gasteiger partial charge is 0.329 e. The van der Waals surface area contributed by atoms with Gasteiger partial charge in [0.1, 0.15) is 5.69 Å². The SMILES string of the molecule is CC(=O)c1csc(NC(=O)c2ccc(-c3noc(C(F)(F)F)n3)cc2)n1. The van der Waals surface area contributed by atoms with Crippen molar-refractivity contribution < 1.29 is 27.3 Å². The van der Waals surface area contributed by atoms with Gasteiger partial charge in [-0.05, 0) is 12.1 Å². The molecule has 0 atom stereocenters. The summed E-state index contributed by atoms with van der Waals surface area (Å²) in [7, 11) is 0. The molecule has 134 valence electrons. The molecule has 0 aliphatic carbocycles. The Kier molecular flexibility index (Phi) is 4.55. The number of Topliss-reactive ketones (excluding diaryl/α,β-unsaturated/α-hetero) is 1. The van der Waals surface area contributed by atoms with Crippen molar-refractivity contribution in [2.75, 3.05) is 5.32 Å². The number of hydrogen-bond acceptors (Lipinski definition) is 7. The second kappa shape index (κ2) is 6.67. The van der Waals surface area contributed by atoms with Gasteiger partial charge in [-0.25, -0.2) is 4.98 Å². The molecule has 0 saturated carbocycles. The molecule has 0 bridgehead atoms. The number of amides is 1. The summed E-state index contributed by atoms with van der Waals surface area (Å²) in [6.45, 7) is 1.36. The van der Waals surface area contributed by atoms with Crippen LogP contribution in [0.2, 0.25) is 0 Å². The molecule has 0 aliphatic heterocycles. The molecular formula is C15H9F3N4O3S. The fourth-order valence-electron chi connectivity index (χ4n) is 1.89. The van der Waals surface area contributed by atoms with E-state index in [0.717, 1.165) is 11.3 Å². The normalized spacial score (nSPS) is 11.4. The third-order valence-electron chi connectivity index (χ3n) is 3.16. The van der Waals surface area contributed by atoms with Crippen molar-refractivity contribution in [3.8, 4) is 11.4 Å². The summed E-state index contributed by atoms with van der Waals surface area (Å²) >= 11 is 1.10. The van der Waals surface area contributed by atoms with E-state index in [1.807, 2.05) is 0 Å². The lowest BCUT2D eigenvalue weighted by molar-refractivity contribution is -0.159. The summed E-state index contributed by atoms with van der Waals surface area (Å²) in [6, 6.07) is 5.58. The summed E-state index contributed by atoms with van der Waals surface area (Å²) in [5.41, 5.74) is 0.750. The largest absolute Gasteiger partial charge is 0.471 e. The number of nitrogens with zero attached hydrogens (tertiary/aromatic N) is 3. The molecule has 3 aromatic rings. The number of benzene rings is 1. The van der Waals surface area contributed by atoms with Crippen LogP contribution in [-0.4, -0.2) is 26.8 Å². The molecule has 0 unspecified atom stereocenters. The van der Waals surface area contributed by atoms with Gasteiger partial charge in [-0.15, -0.1) is 11.3 Å². The summed E-state index contributed by atoms with van der Waals surface area (Å²) in [5.74, 6) is -2.38. The van der Waals surface area contributed by atoms with E-state index in [1.165, 1.54) is 36.6 Å². The summed E-state index contributed by atoms with van der Waals surface area (Å²) < 4.78 is 41.6. The number of thiazole rings is 1. The first-order chi connectivity index (χ1) is 12.2. The van der Waals surface area contributed by atoms with Crippen LogP contribution >= 0.6 is 11.3 Å². The van der Waals surface area contributed by atoms with Crippen LogP contribution < -0.4 is 5.32 Å². The van der Waals surface area contributed by atoms with Gasteiger partial charge < -0.3 is 4.52 Å². The van der Waals surface area contributed by atoms with Crippen molar-refractivity contribution in [3.05, 3.63) is 46.8 Å². The number of nitrogens with one attached hydrogen (secondary N) is 1. The Morgan fingerprint density at radius 3 is 2.38 bits per heavy atom. The molecule has 1 aromatic carbocycles. The fraction of sp³-hybridized carbons (Fsp3) is 0.133. The van der Waals surface area contributed by atoms with E-state index in [9.17, 15) is 22.8 Å². The molecule has 0 radical (unpaired) electrons. The number of hydrogen-bond donors (Lipinski definition) is 1. The highest BCUT2D eigenvalue weighted by atomic mass is 32.1. The van der Waals surface area contributed by atoms with Crippen molar-refractivity contribution >= 4 is 28.2 Å². The van der Waals surface area contributed by atoms with Crippen LogP contribution in [0, 0.1) is 0 Å². The maximum absolute atomic E-state index is 12.5. The van der Waals surface area contributed by atoms with E-state index in [1.54, 1.807) is 0 Å². The minimum atomic E-state index is -4.72. The van der Waals surface area contributed by atoms with Gasteiger partial charge in [-0.3, -0.25) is 14.9 Å². The Morgan fingerprint density at radius 1 is 1.15 bits per heavy atom. The Balaban J connectivity index is 1.73. The van der Waals surface area contributed by atoms with Gasteiger partial charge in [0.2, 0.25) is 5.82 Å². The van der Waals surface area contributed by atoms with E-state index in [4.69, 9.17) is 0 Å². The molecule has 11 heteroatoms. The second-order valence-corrected chi connectivity index (χ2v) is 5.90. The van der Waals surface area contributed by atoms with Gasteiger partial charge in [0.25, 0.3) is 5.91 Å². The molecule has 26 heavy (non-hydrogen) atoms. The molecule has 1 N–H and O–H groups in total. The van der Waals surface area contributed by atoms with Gasteiger partial charge in [0.15, 0.2) is 10.9 Å². The van der Waals surface area contributed by atoms with E-state index in [0.29, 0.717) is 0 Å². The van der Waals surface area contributed by atoms with Crippen molar-refractivity contribution in [1.29, 1.82) is 0 Å². The monoisotopic (exact) mass is 382 g/mol. The Hall–Kier alpha value is -3.08. The van der Waals surface area contributed by atoms with Gasteiger partial charge in [0, 0.05) is 23.4 Å². The molecule has 0 spiro atoms. The van der Waals surface area contributed by atoms with Gasteiger partial charge in [-0.2, -0.15) is 18.2 Å². The van der Waals surface area contributed by atoms with Crippen LogP contribution in [0.3, 0.4) is 0 Å². The first-order valence-electron chi connectivity index (χ1n) is 7.03. The summed E-state index contributed by atoms with van der Waals surface area (Å²) in [5, 5.41) is 7.59. The van der Waals surface area contributed by atoms with Crippen LogP contribution in [0.1, 0.15) is 33.7 Å². The highest BCUT2D eigenvalue weighted by Crippen LogP contribution is 2.29. The summed E-state index contributed by atoms with van der Waals surface area (Å²) in [4.78, 5) is 30.6. The highest BCUT2D eigenvalue weighted by molar-refractivity contribution is 7.14. The van der Waals surface area contributed by atoms with Crippen LogP contribution in [-0.2, 0) is 6.18 Å². The van der Waals surface area contributed by atoms with E-state index < -0.39 is 18.0 Å². The Morgan fingerprint density at radius 2 is 1.85 bits per heavy atom. The van der Waals surface area contributed by atoms with Crippen molar-refractivity contribution in [2.45, 2.75) is 13.1 Å². The predicted octanol–water partition coefficient (Wildman–Crippen LogP) is 3.67. The number of halogens is 3. The maximum Gasteiger partial charge on any atom is 0.471 e.